The summed E-state index contributed by atoms with van der Waals surface area (Å²) in [5, 5.41) is 9.80. The Morgan fingerprint density at radius 2 is 1.67 bits per heavy atom. The largest absolute Gasteiger partial charge is 0.394 e. The summed E-state index contributed by atoms with van der Waals surface area (Å²) in [4.78, 5) is -0.0118. The molecule has 6 heteroatoms. The van der Waals surface area contributed by atoms with Crippen LogP contribution in [0, 0.1) is 0 Å². The molecular weight excluding hydrogens is 310 g/mol. The molecule has 0 spiro atoms. The van der Waals surface area contributed by atoms with Gasteiger partial charge in [-0.1, -0.05) is 54.1 Å². The minimum absolute atomic E-state index is 0.0118. The number of nitrogens with one attached hydrogen (secondary N) is 1. The van der Waals surface area contributed by atoms with Gasteiger partial charge < -0.3 is 5.11 Å². The Kier molecular flexibility index (Phi) is 4.68. The van der Waals surface area contributed by atoms with E-state index in [-0.39, 0.29) is 16.5 Å². The molecule has 1 atom stereocenters. The van der Waals surface area contributed by atoms with Gasteiger partial charge in [0.25, 0.3) is 0 Å². The number of benzene rings is 2. The van der Waals surface area contributed by atoms with Crippen molar-refractivity contribution in [2.45, 2.75) is 17.4 Å². The SMILES string of the molecule is CC(CO)(NS(=O)(=O)c1ccccc1Cl)c1ccccc1. The molecule has 0 bridgehead atoms. The van der Waals surface area contributed by atoms with E-state index in [2.05, 4.69) is 4.72 Å². The van der Waals surface area contributed by atoms with Crippen molar-refractivity contribution in [1.82, 2.24) is 4.72 Å². The second-order valence-corrected chi connectivity index (χ2v) is 6.95. The molecule has 0 amide bonds. The Hall–Kier alpha value is -1.40. The first-order valence-corrected chi connectivity index (χ1v) is 8.20. The van der Waals surface area contributed by atoms with Crippen LogP contribution < -0.4 is 4.72 Å². The third-order valence-corrected chi connectivity index (χ3v) is 5.31. The van der Waals surface area contributed by atoms with Gasteiger partial charge in [-0.05, 0) is 24.6 Å². The van der Waals surface area contributed by atoms with Crippen LogP contribution in [0.15, 0.2) is 59.5 Å². The first-order chi connectivity index (χ1) is 9.89. The third kappa shape index (κ3) is 3.44. The molecule has 0 saturated carbocycles. The molecule has 0 aliphatic carbocycles. The highest BCUT2D eigenvalue weighted by molar-refractivity contribution is 7.89. The van der Waals surface area contributed by atoms with Gasteiger partial charge in [0.2, 0.25) is 10.0 Å². The lowest BCUT2D eigenvalue weighted by molar-refractivity contribution is 0.196. The fourth-order valence-electron chi connectivity index (χ4n) is 2.00. The highest BCUT2D eigenvalue weighted by Gasteiger charge is 2.32. The third-order valence-electron chi connectivity index (χ3n) is 3.21. The van der Waals surface area contributed by atoms with E-state index >= 15 is 0 Å². The van der Waals surface area contributed by atoms with E-state index in [1.165, 1.54) is 12.1 Å². The maximum atomic E-state index is 12.5. The quantitative estimate of drug-likeness (QED) is 0.887. The summed E-state index contributed by atoms with van der Waals surface area (Å²) in [6.07, 6.45) is 0. The molecule has 112 valence electrons. The summed E-state index contributed by atoms with van der Waals surface area (Å²) < 4.78 is 27.5. The number of hydrogen-bond acceptors (Lipinski definition) is 3. The summed E-state index contributed by atoms with van der Waals surface area (Å²) in [6, 6.07) is 15.1. The van der Waals surface area contributed by atoms with E-state index in [1.54, 1.807) is 43.3 Å². The van der Waals surface area contributed by atoms with Crippen LogP contribution in [0.1, 0.15) is 12.5 Å². The molecule has 4 nitrogen and oxygen atoms in total. The summed E-state index contributed by atoms with van der Waals surface area (Å²) in [5.74, 6) is 0. The van der Waals surface area contributed by atoms with E-state index in [9.17, 15) is 13.5 Å². The van der Waals surface area contributed by atoms with Crippen LogP contribution >= 0.6 is 11.6 Å². The number of rotatable bonds is 5. The Balaban J connectivity index is 2.41. The standard InChI is InChI=1S/C15H16ClNO3S/c1-15(11-18,12-7-3-2-4-8-12)17-21(19,20)14-10-6-5-9-13(14)16/h2-10,17-18H,11H2,1H3. The molecule has 0 heterocycles. The zero-order valence-corrected chi connectivity index (χ0v) is 13.0. The topological polar surface area (TPSA) is 66.4 Å². The Labute approximate surface area is 129 Å². The predicted molar refractivity (Wildman–Crippen MR) is 82.7 cm³/mol. The second kappa shape index (κ2) is 6.15. The normalized spacial score (nSPS) is 14.6. The van der Waals surface area contributed by atoms with Gasteiger partial charge in [-0.3, -0.25) is 0 Å². The van der Waals surface area contributed by atoms with Crippen molar-refractivity contribution < 1.29 is 13.5 Å². The molecule has 2 N–H and O–H groups in total. The molecule has 21 heavy (non-hydrogen) atoms. The molecular formula is C15H16ClNO3S. The van der Waals surface area contributed by atoms with Gasteiger partial charge in [0, 0.05) is 0 Å². The van der Waals surface area contributed by atoms with Crippen molar-refractivity contribution in [3.63, 3.8) is 0 Å². The molecule has 2 aromatic carbocycles. The minimum Gasteiger partial charge on any atom is -0.394 e. The first kappa shape index (κ1) is 16.0. The van der Waals surface area contributed by atoms with Crippen LogP contribution in [0.5, 0.6) is 0 Å². The number of hydrogen-bond donors (Lipinski definition) is 2. The molecule has 0 aliphatic heterocycles. The Morgan fingerprint density at radius 1 is 1.10 bits per heavy atom. The fraction of sp³-hybridized carbons (Fsp3) is 0.200. The summed E-state index contributed by atoms with van der Waals surface area (Å²) in [7, 11) is -3.85. The second-order valence-electron chi connectivity index (χ2n) is 4.89. The maximum absolute atomic E-state index is 12.5. The van der Waals surface area contributed by atoms with Crippen molar-refractivity contribution in [3.8, 4) is 0 Å². The van der Waals surface area contributed by atoms with Crippen molar-refractivity contribution in [2.75, 3.05) is 6.61 Å². The van der Waals surface area contributed by atoms with Crippen LogP contribution in [0.2, 0.25) is 5.02 Å². The van der Waals surface area contributed by atoms with E-state index in [1.807, 2.05) is 6.07 Å². The van der Waals surface area contributed by atoms with Crippen LogP contribution in [0.4, 0.5) is 0 Å². The van der Waals surface area contributed by atoms with Crippen molar-refractivity contribution >= 4 is 21.6 Å². The fourth-order valence-corrected chi connectivity index (χ4v) is 3.91. The van der Waals surface area contributed by atoms with Crippen LogP contribution in [-0.2, 0) is 15.6 Å². The van der Waals surface area contributed by atoms with Gasteiger partial charge >= 0.3 is 0 Å². The van der Waals surface area contributed by atoms with Crippen molar-refractivity contribution in [3.05, 3.63) is 65.2 Å². The number of aliphatic hydroxyl groups excluding tert-OH is 1. The Bertz CT molecular complexity index is 719. The molecule has 2 aromatic rings. The molecule has 0 saturated heterocycles. The average Bonchev–Trinajstić information content (AvgIpc) is 2.48. The van der Waals surface area contributed by atoms with Crippen LogP contribution in [-0.4, -0.2) is 20.1 Å². The highest BCUT2D eigenvalue weighted by atomic mass is 35.5. The smallest absolute Gasteiger partial charge is 0.242 e. The van der Waals surface area contributed by atoms with Gasteiger partial charge in [-0.2, -0.15) is 4.72 Å². The van der Waals surface area contributed by atoms with Gasteiger partial charge in [-0.15, -0.1) is 0 Å². The molecule has 0 fully saturated rings. The van der Waals surface area contributed by atoms with Gasteiger partial charge in [0.15, 0.2) is 0 Å². The van der Waals surface area contributed by atoms with Crippen molar-refractivity contribution in [2.24, 2.45) is 0 Å². The predicted octanol–water partition coefficient (Wildman–Crippen LogP) is 2.53. The monoisotopic (exact) mass is 325 g/mol. The summed E-state index contributed by atoms with van der Waals surface area (Å²) in [5.41, 5.74) is -0.456. The maximum Gasteiger partial charge on any atom is 0.242 e. The highest BCUT2D eigenvalue weighted by Crippen LogP contribution is 2.26. The van der Waals surface area contributed by atoms with E-state index in [4.69, 9.17) is 11.6 Å². The van der Waals surface area contributed by atoms with Crippen LogP contribution in [0.3, 0.4) is 0 Å². The number of halogens is 1. The summed E-state index contributed by atoms with van der Waals surface area (Å²) in [6.45, 7) is 1.25. The lowest BCUT2D eigenvalue weighted by Crippen LogP contribution is -2.46. The average molecular weight is 326 g/mol. The van der Waals surface area contributed by atoms with E-state index in [0.717, 1.165) is 0 Å². The van der Waals surface area contributed by atoms with Crippen molar-refractivity contribution in [1.29, 1.82) is 0 Å². The minimum atomic E-state index is -3.85. The van der Waals surface area contributed by atoms with Gasteiger partial charge in [0.1, 0.15) is 4.90 Å². The van der Waals surface area contributed by atoms with E-state index in [0.29, 0.717) is 5.56 Å². The zero-order chi connectivity index (χ0) is 15.5. The molecule has 1 unspecified atom stereocenters. The first-order valence-electron chi connectivity index (χ1n) is 6.34. The van der Waals surface area contributed by atoms with Crippen LogP contribution in [0.25, 0.3) is 0 Å². The van der Waals surface area contributed by atoms with E-state index < -0.39 is 15.6 Å². The van der Waals surface area contributed by atoms with Gasteiger partial charge in [-0.25, -0.2) is 8.42 Å². The lowest BCUT2D eigenvalue weighted by atomic mass is 9.94. The number of aliphatic hydroxyl groups is 1. The molecule has 2 rings (SSSR count). The molecule has 0 aromatic heterocycles. The summed E-state index contributed by atoms with van der Waals surface area (Å²) >= 11 is 5.95. The van der Waals surface area contributed by atoms with Gasteiger partial charge in [0.05, 0.1) is 17.2 Å². The molecule has 0 radical (unpaired) electrons. The zero-order valence-electron chi connectivity index (χ0n) is 11.5. The number of sulfonamides is 1. The Morgan fingerprint density at radius 3 is 2.24 bits per heavy atom. The lowest BCUT2D eigenvalue weighted by Gasteiger charge is -2.29. The molecule has 0 aliphatic rings.